The van der Waals surface area contributed by atoms with Crippen LogP contribution in [-0.4, -0.2) is 50.1 Å². The first-order chi connectivity index (χ1) is 14.4. The number of esters is 2. The summed E-state index contributed by atoms with van der Waals surface area (Å²) >= 11 is 0. The summed E-state index contributed by atoms with van der Waals surface area (Å²) in [5.74, 6) is -2.55. The van der Waals surface area contributed by atoms with Crippen LogP contribution in [0, 0.1) is 0 Å². The fraction of sp³-hybridized carbons (Fsp3) is 0.273. The molecule has 30 heavy (non-hydrogen) atoms. The molecule has 0 aliphatic carbocycles. The molecule has 2 unspecified atom stereocenters. The molecule has 0 bridgehead atoms. The van der Waals surface area contributed by atoms with Gasteiger partial charge in [-0.3, -0.25) is 14.4 Å². The summed E-state index contributed by atoms with van der Waals surface area (Å²) in [7, 11) is 2.40. The minimum absolute atomic E-state index is 0.191. The molecule has 8 nitrogen and oxygen atoms in total. The van der Waals surface area contributed by atoms with Crippen LogP contribution in [-0.2, 0) is 30.3 Å². The molecule has 8 heteroatoms. The molecule has 0 aliphatic heterocycles. The lowest BCUT2D eigenvalue weighted by Crippen LogP contribution is -2.53. The van der Waals surface area contributed by atoms with Crippen molar-refractivity contribution in [1.29, 1.82) is 0 Å². The Morgan fingerprint density at radius 1 is 0.800 bits per heavy atom. The predicted octanol–water partition coefficient (Wildman–Crippen LogP) is 1.25. The summed E-state index contributed by atoms with van der Waals surface area (Å²) < 4.78 is 9.41. The van der Waals surface area contributed by atoms with Crippen molar-refractivity contribution in [2.24, 2.45) is 0 Å². The van der Waals surface area contributed by atoms with Gasteiger partial charge < -0.3 is 20.1 Å². The standard InChI is InChI=1S/C22H24N2O6/c1-29-19(25)14-17(23-20(26)16-11-7-4-8-12-16)21(27)24-18(22(28)30-2)13-15-9-5-3-6-10-15/h3-12,17-18H,13-14H2,1-2H3,(H,23,26)(H,24,27). The van der Waals surface area contributed by atoms with E-state index in [1.165, 1.54) is 14.2 Å². The highest BCUT2D eigenvalue weighted by Gasteiger charge is 2.29. The zero-order chi connectivity index (χ0) is 21.9. The van der Waals surface area contributed by atoms with E-state index < -0.39 is 35.8 Å². The Morgan fingerprint density at radius 3 is 1.97 bits per heavy atom. The van der Waals surface area contributed by atoms with Crippen LogP contribution in [0.3, 0.4) is 0 Å². The van der Waals surface area contributed by atoms with Crippen LogP contribution in [0.5, 0.6) is 0 Å². The molecule has 2 amide bonds. The van der Waals surface area contributed by atoms with Gasteiger partial charge in [0.15, 0.2) is 0 Å². The van der Waals surface area contributed by atoms with Crippen LogP contribution < -0.4 is 10.6 Å². The van der Waals surface area contributed by atoms with E-state index in [0.29, 0.717) is 5.56 Å². The molecule has 0 aromatic heterocycles. The minimum atomic E-state index is -1.23. The molecule has 2 N–H and O–H groups in total. The normalized spacial score (nSPS) is 12.2. The van der Waals surface area contributed by atoms with E-state index in [1.807, 2.05) is 30.3 Å². The van der Waals surface area contributed by atoms with E-state index in [0.717, 1.165) is 5.56 Å². The molecule has 158 valence electrons. The van der Waals surface area contributed by atoms with Crippen LogP contribution >= 0.6 is 0 Å². The summed E-state index contributed by atoms with van der Waals surface area (Å²) in [5.41, 5.74) is 1.14. The molecule has 2 rings (SSSR count). The molecule has 2 aromatic rings. The molecule has 2 atom stereocenters. The third-order valence-electron chi connectivity index (χ3n) is 4.34. The summed E-state index contributed by atoms with van der Waals surface area (Å²) in [6.07, 6.45) is -0.197. The molecule has 0 aliphatic rings. The van der Waals surface area contributed by atoms with Gasteiger partial charge in [-0.2, -0.15) is 0 Å². The number of carbonyl (C=O) groups is 4. The highest BCUT2D eigenvalue weighted by Crippen LogP contribution is 2.07. The zero-order valence-electron chi connectivity index (χ0n) is 16.8. The second kappa shape index (κ2) is 11.4. The van der Waals surface area contributed by atoms with Crippen LogP contribution in [0.25, 0.3) is 0 Å². The largest absolute Gasteiger partial charge is 0.469 e. The van der Waals surface area contributed by atoms with Crippen LogP contribution in [0.4, 0.5) is 0 Å². The van der Waals surface area contributed by atoms with Crippen molar-refractivity contribution in [3.8, 4) is 0 Å². The average molecular weight is 412 g/mol. The van der Waals surface area contributed by atoms with Gasteiger partial charge in [-0.15, -0.1) is 0 Å². The molecular weight excluding hydrogens is 388 g/mol. The molecule has 2 aromatic carbocycles. The fourth-order valence-electron chi connectivity index (χ4n) is 2.75. The van der Waals surface area contributed by atoms with E-state index in [2.05, 4.69) is 15.4 Å². The number of nitrogens with one attached hydrogen (secondary N) is 2. The van der Waals surface area contributed by atoms with Crippen LogP contribution in [0.1, 0.15) is 22.3 Å². The van der Waals surface area contributed by atoms with Crippen LogP contribution in [0.2, 0.25) is 0 Å². The molecule has 0 spiro atoms. The van der Waals surface area contributed by atoms with Crippen LogP contribution in [0.15, 0.2) is 60.7 Å². The number of hydrogen-bond donors (Lipinski definition) is 2. The Balaban J connectivity index is 2.16. The summed E-state index contributed by atoms with van der Waals surface area (Å²) in [5, 5.41) is 5.09. The lowest BCUT2D eigenvalue weighted by atomic mass is 10.0. The maximum absolute atomic E-state index is 12.8. The Hall–Kier alpha value is -3.68. The van der Waals surface area contributed by atoms with Crippen molar-refractivity contribution in [1.82, 2.24) is 10.6 Å². The van der Waals surface area contributed by atoms with Crippen molar-refractivity contribution in [3.63, 3.8) is 0 Å². The first kappa shape index (κ1) is 22.6. The Kier molecular flexibility index (Phi) is 8.56. The van der Waals surface area contributed by atoms with Crippen molar-refractivity contribution < 1.29 is 28.7 Å². The van der Waals surface area contributed by atoms with Gasteiger partial charge in [0.2, 0.25) is 5.91 Å². The molecule has 0 saturated carbocycles. The van der Waals surface area contributed by atoms with E-state index in [1.54, 1.807) is 30.3 Å². The second-order valence-electron chi connectivity index (χ2n) is 6.45. The van der Waals surface area contributed by atoms with E-state index in [-0.39, 0.29) is 12.8 Å². The lowest BCUT2D eigenvalue weighted by Gasteiger charge is -2.22. The summed E-state index contributed by atoms with van der Waals surface area (Å²) in [4.78, 5) is 49.2. The maximum atomic E-state index is 12.8. The van der Waals surface area contributed by atoms with Gasteiger partial charge in [-0.25, -0.2) is 4.79 Å². The topological polar surface area (TPSA) is 111 Å². The molecule has 0 saturated heterocycles. The molecular formula is C22H24N2O6. The van der Waals surface area contributed by atoms with Gasteiger partial charge in [-0.1, -0.05) is 48.5 Å². The van der Waals surface area contributed by atoms with Gasteiger partial charge in [0.05, 0.1) is 20.6 Å². The van der Waals surface area contributed by atoms with Crippen molar-refractivity contribution in [3.05, 3.63) is 71.8 Å². The second-order valence-corrected chi connectivity index (χ2v) is 6.45. The first-order valence-electron chi connectivity index (χ1n) is 9.29. The zero-order valence-corrected chi connectivity index (χ0v) is 16.8. The fourth-order valence-corrected chi connectivity index (χ4v) is 2.75. The summed E-state index contributed by atoms with van der Waals surface area (Å²) in [6, 6.07) is 15.1. The van der Waals surface area contributed by atoms with Gasteiger partial charge in [0, 0.05) is 12.0 Å². The molecule has 0 fully saturated rings. The monoisotopic (exact) mass is 412 g/mol. The van der Waals surface area contributed by atoms with Crippen molar-refractivity contribution >= 4 is 23.8 Å². The van der Waals surface area contributed by atoms with Gasteiger partial charge in [-0.05, 0) is 17.7 Å². The number of methoxy groups -OCH3 is 2. The van der Waals surface area contributed by atoms with Gasteiger partial charge >= 0.3 is 11.9 Å². The number of rotatable bonds is 9. The number of carbonyl (C=O) groups excluding carboxylic acids is 4. The van der Waals surface area contributed by atoms with Crippen molar-refractivity contribution in [2.75, 3.05) is 14.2 Å². The minimum Gasteiger partial charge on any atom is -0.469 e. The predicted molar refractivity (Wildman–Crippen MR) is 108 cm³/mol. The Labute approximate surface area is 174 Å². The maximum Gasteiger partial charge on any atom is 0.328 e. The summed E-state index contributed by atoms with van der Waals surface area (Å²) in [6.45, 7) is 0. The third-order valence-corrected chi connectivity index (χ3v) is 4.34. The van der Waals surface area contributed by atoms with E-state index in [9.17, 15) is 19.2 Å². The van der Waals surface area contributed by atoms with E-state index >= 15 is 0 Å². The number of hydrogen-bond acceptors (Lipinski definition) is 6. The van der Waals surface area contributed by atoms with Gasteiger partial charge in [0.1, 0.15) is 12.1 Å². The first-order valence-corrected chi connectivity index (χ1v) is 9.29. The van der Waals surface area contributed by atoms with E-state index in [4.69, 9.17) is 4.74 Å². The lowest BCUT2D eigenvalue weighted by molar-refractivity contribution is -0.146. The third kappa shape index (κ3) is 6.73. The van der Waals surface area contributed by atoms with Gasteiger partial charge in [0.25, 0.3) is 5.91 Å². The molecule has 0 heterocycles. The Bertz CT molecular complexity index is 870. The Morgan fingerprint density at radius 2 is 1.40 bits per heavy atom. The van der Waals surface area contributed by atoms with Crippen molar-refractivity contribution in [2.45, 2.75) is 24.9 Å². The SMILES string of the molecule is COC(=O)CC(NC(=O)c1ccccc1)C(=O)NC(Cc1ccccc1)C(=O)OC. The number of amides is 2. The molecule has 0 radical (unpaired) electrons. The average Bonchev–Trinajstić information content (AvgIpc) is 2.78. The quantitative estimate of drug-likeness (QED) is 0.600. The highest BCUT2D eigenvalue weighted by molar-refractivity contribution is 5.99. The number of ether oxygens (including phenoxy) is 2. The smallest absolute Gasteiger partial charge is 0.328 e. The number of benzene rings is 2. The highest BCUT2D eigenvalue weighted by atomic mass is 16.5.